The summed E-state index contributed by atoms with van der Waals surface area (Å²) in [4.78, 5) is 38.1. The summed E-state index contributed by atoms with van der Waals surface area (Å²) >= 11 is 0. The van der Waals surface area contributed by atoms with E-state index in [1.807, 2.05) is 13.0 Å². The molecule has 0 bridgehead atoms. The van der Waals surface area contributed by atoms with Crippen LogP contribution in [0.25, 0.3) is 6.08 Å². The van der Waals surface area contributed by atoms with Crippen molar-refractivity contribution in [3.8, 4) is 5.75 Å². The van der Waals surface area contributed by atoms with E-state index in [0.29, 0.717) is 29.2 Å². The summed E-state index contributed by atoms with van der Waals surface area (Å²) in [6, 6.07) is 24.6. The number of ether oxygens (including phenoxy) is 2. The molecule has 7 nitrogen and oxygen atoms in total. The van der Waals surface area contributed by atoms with Crippen molar-refractivity contribution >= 4 is 29.5 Å². The Bertz CT molecular complexity index is 1160. The minimum atomic E-state index is -1.27. The second-order valence-electron chi connectivity index (χ2n) is 7.26. The van der Waals surface area contributed by atoms with E-state index in [1.165, 1.54) is 13.0 Å². The maximum absolute atomic E-state index is 13.3. The largest absolute Gasteiger partial charge is 0.492 e. The molecule has 7 heteroatoms. The number of para-hydroxylation sites is 2. The minimum absolute atomic E-state index is 0.0813. The zero-order chi connectivity index (χ0) is 24.3. The van der Waals surface area contributed by atoms with Crippen LogP contribution in [0.3, 0.4) is 0 Å². The summed E-state index contributed by atoms with van der Waals surface area (Å²) < 4.78 is 11.2. The first-order valence-corrected chi connectivity index (χ1v) is 10.8. The molecule has 0 heterocycles. The molecule has 3 aromatic rings. The van der Waals surface area contributed by atoms with Crippen molar-refractivity contribution in [2.75, 3.05) is 11.9 Å². The average Bonchev–Trinajstić information content (AvgIpc) is 2.84. The van der Waals surface area contributed by atoms with E-state index in [4.69, 9.17) is 9.47 Å². The molecule has 3 rings (SSSR count). The number of carbonyl (C=O) groups is 3. The van der Waals surface area contributed by atoms with Gasteiger partial charge in [-0.05, 0) is 30.7 Å². The third-order valence-corrected chi connectivity index (χ3v) is 4.65. The standard InChI is InChI=1S/C27H26N2O5/c1-3-33-24-17-11-10-16-22(24)29-26(31)25(21-14-8-5-9-15-21)34-27(32)23(28-19(2)30)18-20-12-6-4-7-13-20/h4-18,25H,3H2,1-2H3,(H,28,30)(H,29,31)/b23-18-. The normalized spacial score (nSPS) is 11.8. The van der Waals surface area contributed by atoms with Crippen LogP contribution in [0.4, 0.5) is 5.69 Å². The third kappa shape index (κ3) is 6.80. The summed E-state index contributed by atoms with van der Waals surface area (Å²) in [5.41, 5.74) is 1.54. The smallest absolute Gasteiger partial charge is 0.355 e. The van der Waals surface area contributed by atoms with Gasteiger partial charge in [-0.25, -0.2) is 4.79 Å². The lowest BCUT2D eigenvalue weighted by Gasteiger charge is -2.20. The Hall–Kier alpha value is -4.39. The van der Waals surface area contributed by atoms with Gasteiger partial charge in [0.15, 0.2) is 0 Å². The van der Waals surface area contributed by atoms with Crippen LogP contribution in [0.1, 0.15) is 31.1 Å². The number of nitrogens with one attached hydrogen (secondary N) is 2. The van der Waals surface area contributed by atoms with Crippen molar-refractivity contribution in [2.45, 2.75) is 20.0 Å². The molecule has 0 saturated carbocycles. The Balaban J connectivity index is 1.90. The highest BCUT2D eigenvalue weighted by Crippen LogP contribution is 2.27. The second-order valence-corrected chi connectivity index (χ2v) is 7.26. The fourth-order valence-electron chi connectivity index (χ4n) is 3.17. The molecule has 0 radical (unpaired) electrons. The van der Waals surface area contributed by atoms with Crippen LogP contribution >= 0.6 is 0 Å². The molecular weight excluding hydrogens is 432 g/mol. The Morgan fingerprint density at radius 2 is 1.50 bits per heavy atom. The van der Waals surface area contributed by atoms with Gasteiger partial charge in [-0.2, -0.15) is 0 Å². The van der Waals surface area contributed by atoms with E-state index >= 15 is 0 Å². The van der Waals surface area contributed by atoms with Crippen LogP contribution < -0.4 is 15.4 Å². The maximum atomic E-state index is 13.3. The van der Waals surface area contributed by atoms with Gasteiger partial charge in [0.05, 0.1) is 12.3 Å². The molecule has 3 aromatic carbocycles. The van der Waals surface area contributed by atoms with Crippen LogP contribution in [0.2, 0.25) is 0 Å². The number of hydrogen-bond acceptors (Lipinski definition) is 5. The van der Waals surface area contributed by atoms with Crippen LogP contribution in [-0.2, 0) is 19.1 Å². The third-order valence-electron chi connectivity index (χ3n) is 4.65. The molecule has 174 valence electrons. The summed E-state index contributed by atoms with van der Waals surface area (Å²) in [6.07, 6.45) is 0.227. The Labute approximate surface area is 198 Å². The first kappa shape index (κ1) is 24.3. The van der Waals surface area contributed by atoms with Gasteiger partial charge >= 0.3 is 5.97 Å². The van der Waals surface area contributed by atoms with Crippen LogP contribution in [0.15, 0.2) is 90.6 Å². The van der Waals surface area contributed by atoms with E-state index < -0.39 is 23.9 Å². The van der Waals surface area contributed by atoms with Crippen molar-refractivity contribution < 1.29 is 23.9 Å². The lowest BCUT2D eigenvalue weighted by atomic mass is 10.1. The fourth-order valence-corrected chi connectivity index (χ4v) is 3.17. The van der Waals surface area contributed by atoms with Gasteiger partial charge in [0.2, 0.25) is 12.0 Å². The molecule has 1 atom stereocenters. The summed E-state index contributed by atoms with van der Waals surface area (Å²) in [5, 5.41) is 5.28. The maximum Gasteiger partial charge on any atom is 0.355 e. The lowest BCUT2D eigenvalue weighted by molar-refractivity contribution is -0.151. The molecule has 0 fully saturated rings. The summed E-state index contributed by atoms with van der Waals surface area (Å²) in [5.74, 6) is -1.35. The van der Waals surface area contributed by atoms with Crippen molar-refractivity contribution in [1.29, 1.82) is 0 Å². The number of carbonyl (C=O) groups excluding carboxylic acids is 3. The van der Waals surface area contributed by atoms with E-state index in [9.17, 15) is 14.4 Å². The highest BCUT2D eigenvalue weighted by atomic mass is 16.5. The monoisotopic (exact) mass is 458 g/mol. The van der Waals surface area contributed by atoms with E-state index in [-0.39, 0.29) is 5.70 Å². The first-order valence-electron chi connectivity index (χ1n) is 10.8. The van der Waals surface area contributed by atoms with Gasteiger partial charge in [-0.1, -0.05) is 72.8 Å². The zero-order valence-electron chi connectivity index (χ0n) is 19.0. The molecule has 0 saturated heterocycles. The number of amides is 2. The summed E-state index contributed by atoms with van der Waals surface area (Å²) in [7, 11) is 0. The van der Waals surface area contributed by atoms with Gasteiger partial charge in [-0.3, -0.25) is 9.59 Å². The Morgan fingerprint density at radius 3 is 2.15 bits per heavy atom. The number of rotatable bonds is 9. The molecule has 2 N–H and O–H groups in total. The molecule has 0 aliphatic carbocycles. The van der Waals surface area contributed by atoms with Crippen LogP contribution in [0, 0.1) is 0 Å². The molecule has 0 aromatic heterocycles. The molecule has 2 amide bonds. The molecule has 1 unspecified atom stereocenters. The zero-order valence-corrected chi connectivity index (χ0v) is 19.0. The Kier molecular flexibility index (Phi) is 8.57. The second kappa shape index (κ2) is 12.0. The quantitative estimate of drug-likeness (QED) is 0.364. The van der Waals surface area contributed by atoms with Gasteiger partial charge in [0.1, 0.15) is 11.4 Å². The average molecular weight is 459 g/mol. The van der Waals surface area contributed by atoms with E-state index in [2.05, 4.69) is 10.6 Å². The lowest BCUT2D eigenvalue weighted by Crippen LogP contribution is -2.31. The topological polar surface area (TPSA) is 93.7 Å². The molecule has 0 aliphatic rings. The molecule has 34 heavy (non-hydrogen) atoms. The molecule has 0 spiro atoms. The van der Waals surface area contributed by atoms with E-state index in [1.54, 1.807) is 78.9 Å². The SMILES string of the molecule is CCOc1ccccc1NC(=O)C(OC(=O)/C(=C/c1ccccc1)NC(C)=O)c1ccccc1. The van der Waals surface area contributed by atoms with E-state index in [0.717, 1.165) is 0 Å². The molecule has 0 aliphatic heterocycles. The Morgan fingerprint density at radius 1 is 0.882 bits per heavy atom. The fraction of sp³-hybridized carbons (Fsp3) is 0.148. The number of esters is 1. The van der Waals surface area contributed by atoms with Crippen molar-refractivity contribution in [3.63, 3.8) is 0 Å². The van der Waals surface area contributed by atoms with Gasteiger partial charge in [-0.15, -0.1) is 0 Å². The number of hydrogen-bond donors (Lipinski definition) is 2. The van der Waals surface area contributed by atoms with Crippen molar-refractivity contribution in [3.05, 3.63) is 102 Å². The predicted octanol–water partition coefficient (Wildman–Crippen LogP) is 4.49. The van der Waals surface area contributed by atoms with Crippen LogP contribution in [0.5, 0.6) is 5.75 Å². The number of benzene rings is 3. The van der Waals surface area contributed by atoms with Crippen molar-refractivity contribution in [1.82, 2.24) is 5.32 Å². The highest BCUT2D eigenvalue weighted by Gasteiger charge is 2.27. The number of anilines is 1. The first-order chi connectivity index (χ1) is 16.5. The summed E-state index contributed by atoms with van der Waals surface area (Å²) in [6.45, 7) is 3.56. The van der Waals surface area contributed by atoms with Gasteiger partial charge in [0.25, 0.3) is 5.91 Å². The predicted molar refractivity (Wildman–Crippen MR) is 130 cm³/mol. The van der Waals surface area contributed by atoms with Gasteiger partial charge < -0.3 is 20.1 Å². The van der Waals surface area contributed by atoms with Crippen molar-refractivity contribution in [2.24, 2.45) is 0 Å². The van der Waals surface area contributed by atoms with Crippen LogP contribution in [-0.4, -0.2) is 24.4 Å². The highest BCUT2D eigenvalue weighted by molar-refractivity contribution is 6.01. The minimum Gasteiger partial charge on any atom is -0.492 e. The van der Waals surface area contributed by atoms with Gasteiger partial charge in [0, 0.05) is 12.5 Å². The molecular formula is C27H26N2O5.